The van der Waals surface area contributed by atoms with Crippen molar-refractivity contribution >= 4 is 17.7 Å². The van der Waals surface area contributed by atoms with Gasteiger partial charge in [0.1, 0.15) is 5.60 Å². The van der Waals surface area contributed by atoms with Gasteiger partial charge in [-0.15, -0.1) is 0 Å². The van der Waals surface area contributed by atoms with E-state index in [4.69, 9.17) is 16.3 Å². The predicted molar refractivity (Wildman–Crippen MR) is 140 cm³/mol. The lowest BCUT2D eigenvalue weighted by molar-refractivity contribution is 0.0506. The molecule has 4 rings (SSSR count). The smallest absolute Gasteiger partial charge is 0.407 e. The highest BCUT2D eigenvalue weighted by atomic mass is 35.5. The van der Waals surface area contributed by atoms with Gasteiger partial charge in [0, 0.05) is 35.1 Å². The minimum atomic E-state index is -0.528. The molecule has 0 spiro atoms. The molecule has 0 atom stereocenters. The molecular formula is C28H35ClN4O2. The molecule has 0 saturated heterocycles. The Morgan fingerprint density at radius 2 is 1.89 bits per heavy atom. The number of hydrogen-bond acceptors (Lipinski definition) is 4. The number of amides is 1. The minimum absolute atomic E-state index is 0.177. The normalized spacial score (nSPS) is 20.4. The van der Waals surface area contributed by atoms with Crippen LogP contribution in [0.2, 0.25) is 5.02 Å². The van der Waals surface area contributed by atoms with E-state index in [0.29, 0.717) is 17.6 Å². The van der Waals surface area contributed by atoms with Crippen LogP contribution in [0.4, 0.5) is 4.79 Å². The highest BCUT2D eigenvalue weighted by molar-refractivity contribution is 6.30. The van der Waals surface area contributed by atoms with Crippen LogP contribution in [0.25, 0.3) is 11.1 Å². The lowest BCUT2D eigenvalue weighted by Crippen LogP contribution is -2.47. The predicted octanol–water partition coefficient (Wildman–Crippen LogP) is 6.23. The Bertz CT molecular complexity index is 1120. The van der Waals surface area contributed by atoms with Crippen LogP contribution in [0.3, 0.4) is 0 Å². The van der Waals surface area contributed by atoms with E-state index in [-0.39, 0.29) is 11.5 Å². The summed E-state index contributed by atoms with van der Waals surface area (Å²) in [5, 5.41) is 14.9. The number of rotatable bonds is 7. The van der Waals surface area contributed by atoms with E-state index in [2.05, 4.69) is 39.0 Å². The second-order valence-electron chi connectivity index (χ2n) is 10.4. The summed E-state index contributed by atoms with van der Waals surface area (Å²) >= 11 is 6.34. The monoisotopic (exact) mass is 494 g/mol. The average molecular weight is 495 g/mol. The van der Waals surface area contributed by atoms with Gasteiger partial charge in [0.2, 0.25) is 0 Å². The van der Waals surface area contributed by atoms with Crippen LogP contribution in [0.5, 0.6) is 0 Å². The van der Waals surface area contributed by atoms with Crippen molar-refractivity contribution in [2.45, 2.75) is 70.1 Å². The molecule has 1 saturated carbocycles. The lowest BCUT2D eigenvalue weighted by atomic mass is 9.68. The number of nitrogens with zero attached hydrogens (tertiary/aromatic N) is 1. The Hall–Kier alpha value is -2.83. The minimum Gasteiger partial charge on any atom is -0.444 e. The highest BCUT2D eigenvalue weighted by Gasteiger charge is 2.37. The summed E-state index contributed by atoms with van der Waals surface area (Å²) in [5.41, 5.74) is 3.84. The first-order valence-electron chi connectivity index (χ1n) is 12.3. The Balaban J connectivity index is 1.40. The molecule has 1 fully saturated rings. The molecule has 1 aromatic heterocycles. The number of halogens is 1. The molecule has 1 heterocycles. The SMILES string of the molecule is CC(C)(C)OC(=O)NC[C@]1(c2cccc(Cl)c2)CC[C@@H](NCc2[nH]ncc2-c2ccccc2)CC1. The first-order chi connectivity index (χ1) is 16.7. The number of nitrogens with one attached hydrogen (secondary N) is 3. The summed E-state index contributed by atoms with van der Waals surface area (Å²) in [7, 11) is 0. The van der Waals surface area contributed by atoms with Gasteiger partial charge in [0.25, 0.3) is 0 Å². The second kappa shape index (κ2) is 10.8. The van der Waals surface area contributed by atoms with E-state index in [1.165, 1.54) is 5.56 Å². The van der Waals surface area contributed by atoms with E-state index in [9.17, 15) is 4.79 Å². The molecule has 35 heavy (non-hydrogen) atoms. The zero-order valence-corrected chi connectivity index (χ0v) is 21.5. The first-order valence-corrected chi connectivity index (χ1v) is 12.7. The molecule has 186 valence electrons. The fourth-order valence-corrected chi connectivity index (χ4v) is 5.07. The molecule has 3 aromatic rings. The van der Waals surface area contributed by atoms with Crippen molar-refractivity contribution < 1.29 is 9.53 Å². The topological polar surface area (TPSA) is 79.0 Å². The van der Waals surface area contributed by atoms with Crippen LogP contribution in [0.1, 0.15) is 57.7 Å². The summed E-state index contributed by atoms with van der Waals surface area (Å²) in [5.74, 6) is 0. The van der Waals surface area contributed by atoms with Crippen LogP contribution in [0, 0.1) is 0 Å². The second-order valence-corrected chi connectivity index (χ2v) is 10.9. The fraction of sp³-hybridized carbons (Fsp3) is 0.429. The lowest BCUT2D eigenvalue weighted by Gasteiger charge is -2.41. The van der Waals surface area contributed by atoms with Gasteiger partial charge in [0.15, 0.2) is 0 Å². The Morgan fingerprint density at radius 3 is 2.57 bits per heavy atom. The molecule has 0 aliphatic heterocycles. The van der Waals surface area contributed by atoms with E-state index in [0.717, 1.165) is 49.0 Å². The third-order valence-electron chi connectivity index (χ3n) is 6.72. The first kappa shape index (κ1) is 25.3. The largest absolute Gasteiger partial charge is 0.444 e. The van der Waals surface area contributed by atoms with Gasteiger partial charge in [-0.3, -0.25) is 5.10 Å². The highest BCUT2D eigenvalue weighted by Crippen LogP contribution is 2.40. The van der Waals surface area contributed by atoms with E-state index < -0.39 is 5.60 Å². The number of ether oxygens (including phenoxy) is 1. The summed E-state index contributed by atoms with van der Waals surface area (Å²) < 4.78 is 5.48. The van der Waals surface area contributed by atoms with E-state index in [1.807, 2.05) is 63.4 Å². The van der Waals surface area contributed by atoms with Crippen LogP contribution < -0.4 is 10.6 Å². The maximum absolute atomic E-state index is 12.4. The zero-order valence-electron chi connectivity index (χ0n) is 20.7. The van der Waals surface area contributed by atoms with E-state index in [1.54, 1.807) is 0 Å². The molecule has 0 unspecified atom stereocenters. The number of alkyl carbamates (subject to hydrolysis) is 1. The molecule has 0 bridgehead atoms. The van der Waals surface area contributed by atoms with Crippen LogP contribution in [0.15, 0.2) is 60.8 Å². The molecule has 7 heteroatoms. The molecule has 1 aliphatic carbocycles. The fourth-order valence-electron chi connectivity index (χ4n) is 4.88. The number of benzene rings is 2. The Kier molecular flexibility index (Phi) is 7.82. The van der Waals surface area contributed by atoms with Crippen molar-refractivity contribution in [2.24, 2.45) is 0 Å². The molecule has 1 aliphatic rings. The van der Waals surface area contributed by atoms with Crippen LogP contribution in [-0.2, 0) is 16.7 Å². The summed E-state index contributed by atoms with van der Waals surface area (Å²) in [4.78, 5) is 12.4. The standard InChI is InChI=1S/C28H35ClN4O2/c1-27(2,3)35-26(34)31-19-28(21-10-7-11-22(29)16-21)14-12-23(13-15-28)30-18-25-24(17-32-33-25)20-8-5-4-6-9-20/h4-11,16-17,23,30H,12-15,18-19H2,1-3H3,(H,31,34)(H,32,33)/t23-,28+. The summed E-state index contributed by atoms with van der Waals surface area (Å²) in [6.45, 7) is 6.88. The quantitative estimate of drug-likeness (QED) is 0.364. The van der Waals surface area contributed by atoms with Crippen molar-refractivity contribution in [2.75, 3.05) is 6.54 Å². The van der Waals surface area contributed by atoms with Crippen LogP contribution in [-0.4, -0.2) is 34.5 Å². The zero-order chi connectivity index (χ0) is 24.9. The number of carbonyl (C=O) groups excluding carboxylic acids is 1. The molecule has 3 N–H and O–H groups in total. The Labute approximate surface area is 212 Å². The summed E-state index contributed by atoms with van der Waals surface area (Å²) in [6.07, 6.45) is 5.38. The van der Waals surface area contributed by atoms with Crippen molar-refractivity contribution in [1.29, 1.82) is 0 Å². The molecule has 0 radical (unpaired) electrons. The number of aromatic amines is 1. The number of H-pyrrole nitrogens is 1. The third-order valence-corrected chi connectivity index (χ3v) is 6.96. The molecule has 2 aromatic carbocycles. The number of carbonyl (C=O) groups is 1. The average Bonchev–Trinajstić information content (AvgIpc) is 3.30. The van der Waals surface area contributed by atoms with Crippen molar-refractivity contribution in [3.05, 3.63) is 77.1 Å². The van der Waals surface area contributed by atoms with Crippen molar-refractivity contribution in [3.8, 4) is 11.1 Å². The number of hydrogen-bond donors (Lipinski definition) is 3. The van der Waals surface area contributed by atoms with Gasteiger partial charge in [0.05, 0.1) is 11.9 Å². The van der Waals surface area contributed by atoms with Gasteiger partial charge < -0.3 is 15.4 Å². The molecule has 6 nitrogen and oxygen atoms in total. The van der Waals surface area contributed by atoms with Gasteiger partial charge in [-0.1, -0.05) is 54.1 Å². The molecule has 1 amide bonds. The van der Waals surface area contributed by atoms with E-state index >= 15 is 0 Å². The maximum Gasteiger partial charge on any atom is 0.407 e. The molecular weight excluding hydrogens is 460 g/mol. The van der Waals surface area contributed by atoms with Gasteiger partial charge >= 0.3 is 6.09 Å². The van der Waals surface area contributed by atoms with Gasteiger partial charge in [-0.25, -0.2) is 4.79 Å². The maximum atomic E-state index is 12.4. The summed E-state index contributed by atoms with van der Waals surface area (Å²) in [6, 6.07) is 18.7. The van der Waals surface area contributed by atoms with Crippen molar-refractivity contribution in [3.63, 3.8) is 0 Å². The van der Waals surface area contributed by atoms with Gasteiger partial charge in [-0.05, 0) is 69.7 Å². The van der Waals surface area contributed by atoms with Crippen molar-refractivity contribution in [1.82, 2.24) is 20.8 Å². The van der Waals surface area contributed by atoms with Gasteiger partial charge in [-0.2, -0.15) is 5.10 Å². The Morgan fingerprint density at radius 1 is 1.14 bits per heavy atom. The van der Waals surface area contributed by atoms with Crippen LogP contribution >= 0.6 is 11.6 Å². The third kappa shape index (κ3) is 6.65. The number of aromatic nitrogens is 2.